The molecule has 2 aliphatic rings. The summed E-state index contributed by atoms with van der Waals surface area (Å²) in [6, 6.07) is 4.76. The Morgan fingerprint density at radius 2 is 2.20 bits per heavy atom. The lowest BCUT2D eigenvalue weighted by Gasteiger charge is -2.61. The first-order valence-corrected chi connectivity index (χ1v) is 9.23. The van der Waals surface area contributed by atoms with Crippen LogP contribution in [0.2, 0.25) is 0 Å². The first-order chi connectivity index (χ1) is 12.1. The molecule has 3 rings (SSSR count). The number of guanidine groups is 1. The van der Waals surface area contributed by atoms with Gasteiger partial charge >= 0.3 is 0 Å². The minimum Gasteiger partial charge on any atom is -0.505 e. The largest absolute Gasteiger partial charge is 0.505 e. The fourth-order valence-electron chi connectivity index (χ4n) is 3.94. The van der Waals surface area contributed by atoms with Crippen LogP contribution in [-0.2, 0) is 11.3 Å². The standard InChI is InChI=1S/C19H28FN3O2/c1-3-21-18(22-12-13-6-7-15(24)14(20)10-13)23-16-11-17(25-4-2)19(16)8-5-9-19/h6-7,10,16-17,24H,3-5,8-9,11-12H2,1-2H3,(H2,21,22,23). The molecule has 0 aliphatic heterocycles. The molecule has 0 saturated heterocycles. The third-order valence-corrected chi connectivity index (χ3v) is 5.52. The van der Waals surface area contributed by atoms with Crippen molar-refractivity contribution in [1.82, 2.24) is 10.6 Å². The quantitative estimate of drug-likeness (QED) is 0.546. The van der Waals surface area contributed by atoms with E-state index in [1.807, 2.05) is 6.92 Å². The summed E-state index contributed by atoms with van der Waals surface area (Å²) in [5, 5.41) is 16.1. The molecule has 6 heteroatoms. The van der Waals surface area contributed by atoms with E-state index in [2.05, 4.69) is 22.5 Å². The Bertz CT molecular complexity index is 631. The van der Waals surface area contributed by atoms with Crippen LogP contribution in [0, 0.1) is 11.2 Å². The van der Waals surface area contributed by atoms with Crippen molar-refractivity contribution in [3.63, 3.8) is 0 Å². The van der Waals surface area contributed by atoms with E-state index in [1.54, 1.807) is 6.07 Å². The summed E-state index contributed by atoms with van der Waals surface area (Å²) in [7, 11) is 0. The lowest BCUT2D eigenvalue weighted by Crippen LogP contribution is -2.68. The van der Waals surface area contributed by atoms with Crippen molar-refractivity contribution in [2.24, 2.45) is 10.4 Å². The summed E-state index contributed by atoms with van der Waals surface area (Å²) in [4.78, 5) is 4.58. The highest BCUT2D eigenvalue weighted by Crippen LogP contribution is 2.57. The number of aliphatic imine (C=N–C) groups is 1. The number of hydrogen-bond donors (Lipinski definition) is 3. The number of hydrogen-bond acceptors (Lipinski definition) is 3. The molecule has 0 heterocycles. The van der Waals surface area contributed by atoms with Gasteiger partial charge in [-0.1, -0.05) is 12.5 Å². The molecule has 2 aliphatic carbocycles. The van der Waals surface area contributed by atoms with Crippen LogP contribution in [0.1, 0.15) is 45.1 Å². The minimum absolute atomic E-state index is 0.261. The number of benzene rings is 1. The zero-order chi connectivity index (χ0) is 17.9. The summed E-state index contributed by atoms with van der Waals surface area (Å²) < 4.78 is 19.3. The first-order valence-electron chi connectivity index (χ1n) is 9.23. The van der Waals surface area contributed by atoms with Crippen molar-refractivity contribution >= 4 is 5.96 Å². The van der Waals surface area contributed by atoms with Crippen LogP contribution >= 0.6 is 0 Å². The number of ether oxygens (including phenoxy) is 1. The van der Waals surface area contributed by atoms with E-state index in [1.165, 1.54) is 31.4 Å². The molecule has 0 aromatic heterocycles. The van der Waals surface area contributed by atoms with Gasteiger partial charge in [-0.05, 0) is 50.8 Å². The third-order valence-electron chi connectivity index (χ3n) is 5.52. The van der Waals surface area contributed by atoms with Gasteiger partial charge < -0.3 is 20.5 Å². The van der Waals surface area contributed by atoms with Crippen molar-refractivity contribution in [2.45, 2.75) is 58.2 Å². The van der Waals surface area contributed by atoms with Crippen LogP contribution in [0.4, 0.5) is 4.39 Å². The van der Waals surface area contributed by atoms with Crippen LogP contribution < -0.4 is 10.6 Å². The van der Waals surface area contributed by atoms with Crippen LogP contribution in [0.15, 0.2) is 23.2 Å². The molecule has 2 atom stereocenters. The van der Waals surface area contributed by atoms with Crippen molar-refractivity contribution in [3.8, 4) is 5.75 Å². The molecule has 0 bridgehead atoms. The van der Waals surface area contributed by atoms with Gasteiger partial charge in [-0.3, -0.25) is 0 Å². The second-order valence-electron chi connectivity index (χ2n) is 6.94. The van der Waals surface area contributed by atoms with Gasteiger partial charge in [-0.25, -0.2) is 9.38 Å². The van der Waals surface area contributed by atoms with E-state index < -0.39 is 5.82 Å². The van der Waals surface area contributed by atoms with Gasteiger partial charge in [0.25, 0.3) is 0 Å². The second-order valence-corrected chi connectivity index (χ2v) is 6.94. The maximum Gasteiger partial charge on any atom is 0.191 e. The van der Waals surface area contributed by atoms with Crippen LogP contribution in [0.5, 0.6) is 5.75 Å². The van der Waals surface area contributed by atoms with Crippen LogP contribution in [0.25, 0.3) is 0 Å². The average molecular weight is 349 g/mol. The van der Waals surface area contributed by atoms with E-state index in [0.717, 1.165) is 31.1 Å². The van der Waals surface area contributed by atoms with E-state index in [0.29, 0.717) is 18.7 Å². The summed E-state index contributed by atoms with van der Waals surface area (Å²) in [6.45, 7) is 5.97. The number of halogens is 1. The highest BCUT2D eigenvalue weighted by Gasteiger charge is 2.59. The minimum atomic E-state index is -0.613. The molecule has 138 valence electrons. The maximum atomic E-state index is 13.5. The Morgan fingerprint density at radius 1 is 1.40 bits per heavy atom. The molecule has 2 fully saturated rings. The molecular weight excluding hydrogens is 321 g/mol. The van der Waals surface area contributed by atoms with Gasteiger partial charge in [0.05, 0.1) is 12.6 Å². The Balaban J connectivity index is 1.64. The first kappa shape index (κ1) is 18.0. The number of phenols is 1. The van der Waals surface area contributed by atoms with Crippen molar-refractivity contribution in [3.05, 3.63) is 29.6 Å². The Hall–Kier alpha value is -1.82. The summed E-state index contributed by atoms with van der Waals surface area (Å²) in [5.41, 5.74) is 0.989. The van der Waals surface area contributed by atoms with Gasteiger partial charge in [0, 0.05) is 24.6 Å². The van der Waals surface area contributed by atoms with Gasteiger partial charge in [0.2, 0.25) is 0 Å². The topological polar surface area (TPSA) is 65.9 Å². The number of aromatic hydroxyl groups is 1. The fourth-order valence-corrected chi connectivity index (χ4v) is 3.94. The zero-order valence-corrected chi connectivity index (χ0v) is 15.0. The van der Waals surface area contributed by atoms with Gasteiger partial charge in [-0.2, -0.15) is 0 Å². The third kappa shape index (κ3) is 3.59. The predicted molar refractivity (Wildman–Crippen MR) is 96.1 cm³/mol. The molecule has 25 heavy (non-hydrogen) atoms. The van der Waals surface area contributed by atoms with Crippen LogP contribution in [0.3, 0.4) is 0 Å². The normalized spacial score (nSPS) is 24.5. The lowest BCUT2D eigenvalue weighted by atomic mass is 9.51. The van der Waals surface area contributed by atoms with Gasteiger partial charge in [0.1, 0.15) is 0 Å². The number of nitrogens with one attached hydrogen (secondary N) is 2. The highest BCUT2D eigenvalue weighted by molar-refractivity contribution is 5.80. The molecule has 5 nitrogen and oxygen atoms in total. The van der Waals surface area contributed by atoms with E-state index in [9.17, 15) is 9.50 Å². The van der Waals surface area contributed by atoms with E-state index in [-0.39, 0.29) is 11.2 Å². The second kappa shape index (κ2) is 7.60. The fraction of sp³-hybridized carbons (Fsp3) is 0.632. The van der Waals surface area contributed by atoms with Crippen LogP contribution in [-0.4, -0.2) is 36.4 Å². The molecule has 1 spiro atoms. The smallest absolute Gasteiger partial charge is 0.191 e. The Morgan fingerprint density at radius 3 is 2.80 bits per heavy atom. The molecular formula is C19H28FN3O2. The molecule has 0 radical (unpaired) electrons. The van der Waals surface area contributed by atoms with Gasteiger partial charge in [-0.15, -0.1) is 0 Å². The van der Waals surface area contributed by atoms with Crippen molar-refractivity contribution in [2.75, 3.05) is 13.2 Å². The van der Waals surface area contributed by atoms with Crippen molar-refractivity contribution < 1.29 is 14.2 Å². The number of nitrogens with zero attached hydrogens (tertiary/aromatic N) is 1. The molecule has 3 N–H and O–H groups in total. The Labute approximate surface area is 148 Å². The number of rotatable bonds is 6. The van der Waals surface area contributed by atoms with E-state index >= 15 is 0 Å². The monoisotopic (exact) mass is 349 g/mol. The van der Waals surface area contributed by atoms with Gasteiger partial charge in [0.15, 0.2) is 17.5 Å². The molecule has 0 amide bonds. The van der Waals surface area contributed by atoms with E-state index in [4.69, 9.17) is 4.74 Å². The average Bonchev–Trinajstić information content (AvgIpc) is 2.53. The summed E-state index contributed by atoms with van der Waals surface area (Å²) >= 11 is 0. The summed E-state index contributed by atoms with van der Waals surface area (Å²) in [5.74, 6) is -0.194. The zero-order valence-electron chi connectivity index (χ0n) is 15.0. The summed E-state index contributed by atoms with van der Waals surface area (Å²) in [6.07, 6.45) is 5.04. The lowest BCUT2D eigenvalue weighted by molar-refractivity contribution is -0.168. The SMILES string of the molecule is CCNC(=NCc1ccc(O)c(F)c1)NC1CC(OCC)C12CCC2. The Kier molecular flexibility index (Phi) is 5.47. The molecule has 1 aromatic rings. The highest BCUT2D eigenvalue weighted by atomic mass is 19.1. The number of phenolic OH excluding ortho intramolecular Hbond substituents is 1. The molecule has 2 unspecified atom stereocenters. The molecule has 2 saturated carbocycles. The maximum absolute atomic E-state index is 13.5. The molecule has 1 aromatic carbocycles. The predicted octanol–water partition coefficient (Wildman–Crippen LogP) is 2.93. The van der Waals surface area contributed by atoms with Crippen molar-refractivity contribution in [1.29, 1.82) is 0 Å².